The number of carboxylic acids is 1. The van der Waals surface area contributed by atoms with Crippen molar-refractivity contribution in [3.8, 4) is 0 Å². The number of carbonyl (C=O) groups excluding carboxylic acids is 1. The van der Waals surface area contributed by atoms with Crippen LogP contribution in [0.15, 0.2) is 0 Å². The standard InChI is InChI=1S/C12H22N2O3/c1-9-4-3-5-10(2)14(9)8-11(15)13-7-6-12(16)17/h9-10H,3-8H2,1-2H3,(H,13,15)(H,16,17)/i9+1. The Labute approximate surface area is 102 Å². The number of amides is 1. The van der Waals surface area contributed by atoms with Gasteiger partial charge in [0.05, 0.1) is 13.0 Å². The summed E-state index contributed by atoms with van der Waals surface area (Å²) in [6, 6.07) is 0.868. The first-order chi connectivity index (χ1) is 8.00. The zero-order valence-corrected chi connectivity index (χ0v) is 10.6. The number of rotatable bonds is 5. The predicted molar refractivity (Wildman–Crippen MR) is 64.7 cm³/mol. The lowest BCUT2D eigenvalue weighted by atomic mass is 10.1. The molecule has 0 radical (unpaired) electrons. The molecule has 1 amide bonds. The number of hydrogen-bond donors (Lipinski definition) is 2. The number of piperidine rings is 1. The zero-order valence-electron chi connectivity index (χ0n) is 10.6. The van der Waals surface area contributed by atoms with Crippen LogP contribution < -0.4 is 5.32 Å². The third-order valence-corrected chi connectivity index (χ3v) is 3.36. The van der Waals surface area contributed by atoms with Gasteiger partial charge in [-0.2, -0.15) is 0 Å². The fourth-order valence-electron chi connectivity index (χ4n) is 2.32. The molecule has 0 aromatic carbocycles. The maximum Gasteiger partial charge on any atom is 0.305 e. The normalized spacial score (nSPS) is 25.5. The summed E-state index contributed by atoms with van der Waals surface area (Å²) in [7, 11) is 0. The van der Waals surface area contributed by atoms with Crippen molar-refractivity contribution in [2.75, 3.05) is 13.1 Å². The van der Waals surface area contributed by atoms with E-state index in [0.29, 0.717) is 18.6 Å². The highest BCUT2D eigenvalue weighted by molar-refractivity contribution is 5.78. The Bertz CT molecular complexity index is 271. The van der Waals surface area contributed by atoms with Gasteiger partial charge in [0.2, 0.25) is 5.91 Å². The smallest absolute Gasteiger partial charge is 0.305 e. The van der Waals surface area contributed by atoms with Gasteiger partial charge in [-0.1, -0.05) is 6.42 Å². The first kappa shape index (κ1) is 14.0. The molecule has 0 aromatic heterocycles. The Morgan fingerprint density at radius 1 is 1.29 bits per heavy atom. The Morgan fingerprint density at radius 2 is 1.88 bits per heavy atom. The number of nitrogens with zero attached hydrogens (tertiary/aromatic N) is 1. The Morgan fingerprint density at radius 3 is 2.41 bits per heavy atom. The number of carboxylic acid groups (broad SMARTS) is 1. The van der Waals surface area contributed by atoms with Gasteiger partial charge in [0.25, 0.3) is 0 Å². The Kier molecular flexibility index (Phi) is 5.41. The maximum atomic E-state index is 11.6. The van der Waals surface area contributed by atoms with Gasteiger partial charge in [0, 0.05) is 18.6 Å². The molecule has 1 rings (SSSR count). The van der Waals surface area contributed by atoms with E-state index in [-0.39, 0.29) is 18.9 Å². The lowest BCUT2D eigenvalue weighted by Gasteiger charge is -2.38. The molecular formula is C12H22N2O3. The molecule has 5 nitrogen and oxygen atoms in total. The van der Waals surface area contributed by atoms with Crippen LogP contribution in [-0.4, -0.2) is 47.1 Å². The van der Waals surface area contributed by atoms with E-state index >= 15 is 0 Å². The molecular weight excluding hydrogens is 221 g/mol. The minimum absolute atomic E-state index is 0.0170. The molecule has 1 saturated heterocycles. The van der Waals surface area contributed by atoms with Crippen LogP contribution >= 0.6 is 0 Å². The van der Waals surface area contributed by atoms with Crippen molar-refractivity contribution >= 4 is 11.9 Å². The molecule has 1 aliphatic heterocycles. The summed E-state index contributed by atoms with van der Waals surface area (Å²) in [6.07, 6.45) is 3.47. The average Bonchev–Trinajstić information content (AvgIpc) is 2.23. The largest absolute Gasteiger partial charge is 0.481 e. The second-order valence-corrected chi connectivity index (χ2v) is 4.79. The summed E-state index contributed by atoms with van der Waals surface area (Å²) in [5.74, 6) is -0.961. The fourth-order valence-corrected chi connectivity index (χ4v) is 2.32. The minimum atomic E-state index is -0.884. The topological polar surface area (TPSA) is 69.6 Å². The molecule has 2 N–H and O–H groups in total. The zero-order chi connectivity index (χ0) is 12.8. The van der Waals surface area contributed by atoms with Gasteiger partial charge in [-0.05, 0) is 26.7 Å². The summed E-state index contributed by atoms with van der Waals surface area (Å²) < 4.78 is 0. The average molecular weight is 243 g/mol. The number of hydrogen-bond acceptors (Lipinski definition) is 3. The van der Waals surface area contributed by atoms with E-state index in [9.17, 15) is 9.59 Å². The molecule has 5 heteroatoms. The van der Waals surface area contributed by atoms with E-state index < -0.39 is 5.97 Å². The van der Waals surface area contributed by atoms with E-state index in [1.54, 1.807) is 0 Å². The Hall–Kier alpha value is -1.10. The molecule has 2 unspecified atom stereocenters. The first-order valence-corrected chi connectivity index (χ1v) is 6.25. The van der Waals surface area contributed by atoms with Gasteiger partial charge in [0.15, 0.2) is 0 Å². The minimum Gasteiger partial charge on any atom is -0.481 e. The highest BCUT2D eigenvalue weighted by Crippen LogP contribution is 2.21. The predicted octanol–water partition coefficient (Wildman–Crippen LogP) is 0.840. The summed E-state index contributed by atoms with van der Waals surface area (Å²) in [5.41, 5.74) is 0. The van der Waals surface area contributed by atoms with Crippen LogP contribution in [0.25, 0.3) is 0 Å². The van der Waals surface area contributed by atoms with Crippen LogP contribution in [0.3, 0.4) is 0 Å². The van der Waals surface area contributed by atoms with Crippen LogP contribution in [0.4, 0.5) is 0 Å². The van der Waals surface area contributed by atoms with Gasteiger partial charge in [-0.25, -0.2) is 0 Å². The number of likely N-dealkylation sites (tertiary alicyclic amines) is 1. The molecule has 0 spiro atoms. The lowest BCUT2D eigenvalue weighted by Crippen LogP contribution is -2.48. The summed E-state index contributed by atoms with van der Waals surface area (Å²) in [4.78, 5) is 24.1. The summed E-state index contributed by atoms with van der Waals surface area (Å²) >= 11 is 0. The van der Waals surface area contributed by atoms with Crippen molar-refractivity contribution in [3.05, 3.63) is 0 Å². The molecule has 0 bridgehead atoms. The quantitative estimate of drug-likeness (QED) is 0.702. The monoisotopic (exact) mass is 243 g/mol. The molecule has 17 heavy (non-hydrogen) atoms. The van der Waals surface area contributed by atoms with Gasteiger partial charge >= 0.3 is 5.97 Å². The van der Waals surface area contributed by atoms with E-state index in [2.05, 4.69) is 24.1 Å². The summed E-state index contributed by atoms with van der Waals surface area (Å²) in [6.45, 7) is 4.87. The van der Waals surface area contributed by atoms with E-state index in [1.165, 1.54) is 6.42 Å². The van der Waals surface area contributed by atoms with E-state index in [1.807, 2.05) is 0 Å². The van der Waals surface area contributed by atoms with Crippen LogP contribution in [0, 0.1) is 0 Å². The lowest BCUT2D eigenvalue weighted by molar-refractivity contribution is -0.137. The molecule has 0 saturated carbocycles. The van der Waals surface area contributed by atoms with Gasteiger partial charge in [-0.3, -0.25) is 14.5 Å². The maximum absolute atomic E-state index is 11.6. The van der Waals surface area contributed by atoms with Gasteiger partial charge < -0.3 is 10.4 Å². The van der Waals surface area contributed by atoms with Crippen molar-refractivity contribution in [3.63, 3.8) is 0 Å². The van der Waals surface area contributed by atoms with E-state index in [4.69, 9.17) is 5.11 Å². The highest BCUT2D eigenvalue weighted by atomic mass is 16.4. The van der Waals surface area contributed by atoms with Crippen molar-refractivity contribution in [2.24, 2.45) is 0 Å². The van der Waals surface area contributed by atoms with Crippen molar-refractivity contribution in [1.29, 1.82) is 0 Å². The molecule has 1 fully saturated rings. The third kappa shape index (κ3) is 4.73. The summed E-state index contributed by atoms with van der Waals surface area (Å²) in [5, 5.41) is 11.1. The highest BCUT2D eigenvalue weighted by Gasteiger charge is 2.26. The number of nitrogens with one attached hydrogen (secondary N) is 1. The fraction of sp³-hybridized carbons (Fsp3) is 0.833. The second kappa shape index (κ2) is 6.59. The Balaban J connectivity index is 2.31. The SMILES string of the molecule is CC1CCC[13CH](C)N1CC(=O)NCCC(=O)O. The van der Waals surface area contributed by atoms with E-state index in [0.717, 1.165) is 12.8 Å². The van der Waals surface area contributed by atoms with Crippen LogP contribution in [0.2, 0.25) is 0 Å². The van der Waals surface area contributed by atoms with Gasteiger partial charge in [-0.15, -0.1) is 0 Å². The van der Waals surface area contributed by atoms with Crippen molar-refractivity contribution < 1.29 is 14.7 Å². The van der Waals surface area contributed by atoms with Crippen molar-refractivity contribution in [2.45, 2.75) is 51.6 Å². The van der Waals surface area contributed by atoms with Crippen LogP contribution in [-0.2, 0) is 9.59 Å². The van der Waals surface area contributed by atoms with Crippen molar-refractivity contribution in [1.82, 2.24) is 10.2 Å². The molecule has 0 aliphatic carbocycles. The van der Waals surface area contributed by atoms with Gasteiger partial charge in [0.1, 0.15) is 0 Å². The molecule has 1 aliphatic rings. The third-order valence-electron chi connectivity index (χ3n) is 3.36. The molecule has 0 aromatic rings. The van der Waals surface area contributed by atoms with Crippen LogP contribution in [0.1, 0.15) is 39.5 Å². The number of carbonyl (C=O) groups is 2. The molecule has 98 valence electrons. The number of aliphatic carboxylic acids is 1. The van der Waals surface area contributed by atoms with Crippen LogP contribution in [0.5, 0.6) is 0 Å². The first-order valence-electron chi connectivity index (χ1n) is 6.25. The molecule has 2 atom stereocenters. The molecule has 1 heterocycles. The second-order valence-electron chi connectivity index (χ2n) is 4.79.